The van der Waals surface area contributed by atoms with Crippen LogP contribution in [0, 0.1) is 0 Å². The third-order valence-corrected chi connectivity index (χ3v) is 2.54. The summed E-state index contributed by atoms with van der Waals surface area (Å²) in [5.41, 5.74) is 2.28. The number of para-hydroxylation sites is 1. The minimum absolute atomic E-state index is 0.333. The fraction of sp³-hybridized carbons (Fsp3) is 0.250. The standard InChI is InChI=1S/C12H14N2O2/c15-8-12(16)13-6-5-9-7-14-11-4-2-1-3-10(9)11/h1-4,7,14-15H,5-6,8H2,(H,13,16). The van der Waals surface area contributed by atoms with Crippen LogP contribution in [-0.2, 0) is 11.2 Å². The number of hydrogen-bond donors (Lipinski definition) is 3. The topological polar surface area (TPSA) is 65.1 Å². The first-order valence-corrected chi connectivity index (χ1v) is 5.24. The van der Waals surface area contributed by atoms with Crippen molar-refractivity contribution in [2.24, 2.45) is 0 Å². The van der Waals surface area contributed by atoms with Crippen molar-refractivity contribution in [3.63, 3.8) is 0 Å². The first-order chi connectivity index (χ1) is 7.81. The van der Waals surface area contributed by atoms with E-state index in [-0.39, 0.29) is 5.91 Å². The number of carbonyl (C=O) groups excluding carboxylic acids is 1. The zero-order valence-electron chi connectivity index (χ0n) is 8.86. The van der Waals surface area contributed by atoms with E-state index in [0.717, 1.165) is 11.9 Å². The van der Waals surface area contributed by atoms with Crippen molar-refractivity contribution in [3.05, 3.63) is 36.0 Å². The highest BCUT2D eigenvalue weighted by Crippen LogP contribution is 2.17. The summed E-state index contributed by atoms with van der Waals surface area (Å²) in [4.78, 5) is 14.0. The van der Waals surface area contributed by atoms with E-state index >= 15 is 0 Å². The second-order valence-electron chi connectivity index (χ2n) is 3.62. The SMILES string of the molecule is O=C(CO)NCCc1c[nH]c2ccccc12. The van der Waals surface area contributed by atoms with E-state index < -0.39 is 6.61 Å². The molecule has 3 N–H and O–H groups in total. The van der Waals surface area contributed by atoms with Crippen LogP contribution in [0.2, 0.25) is 0 Å². The van der Waals surface area contributed by atoms with E-state index in [1.807, 2.05) is 24.4 Å². The fourth-order valence-corrected chi connectivity index (χ4v) is 1.73. The number of nitrogens with one attached hydrogen (secondary N) is 2. The number of amides is 1. The maximum atomic E-state index is 10.8. The quantitative estimate of drug-likeness (QED) is 0.711. The number of fused-ring (bicyclic) bond motifs is 1. The van der Waals surface area contributed by atoms with Gasteiger partial charge < -0.3 is 15.4 Å². The molecule has 1 amide bonds. The van der Waals surface area contributed by atoms with Crippen LogP contribution in [0.4, 0.5) is 0 Å². The highest BCUT2D eigenvalue weighted by molar-refractivity contribution is 5.83. The summed E-state index contributed by atoms with van der Waals surface area (Å²) < 4.78 is 0. The van der Waals surface area contributed by atoms with Crippen molar-refractivity contribution in [1.29, 1.82) is 0 Å². The molecule has 0 aliphatic heterocycles. The average molecular weight is 218 g/mol. The molecule has 0 bridgehead atoms. The lowest BCUT2D eigenvalue weighted by atomic mass is 10.1. The maximum absolute atomic E-state index is 10.8. The molecule has 2 aromatic rings. The van der Waals surface area contributed by atoms with Crippen molar-refractivity contribution >= 4 is 16.8 Å². The summed E-state index contributed by atoms with van der Waals surface area (Å²) in [5.74, 6) is -0.333. The Morgan fingerprint density at radius 3 is 3.00 bits per heavy atom. The van der Waals surface area contributed by atoms with Gasteiger partial charge in [0, 0.05) is 23.6 Å². The molecule has 2 rings (SSSR count). The lowest BCUT2D eigenvalue weighted by Crippen LogP contribution is -2.28. The fourth-order valence-electron chi connectivity index (χ4n) is 1.73. The second kappa shape index (κ2) is 4.81. The van der Waals surface area contributed by atoms with Gasteiger partial charge in [0.2, 0.25) is 5.91 Å². The van der Waals surface area contributed by atoms with E-state index in [9.17, 15) is 4.79 Å². The van der Waals surface area contributed by atoms with Gasteiger partial charge in [0.1, 0.15) is 6.61 Å². The minimum atomic E-state index is -0.451. The average Bonchev–Trinajstić information content (AvgIpc) is 2.73. The molecule has 4 heteroatoms. The lowest BCUT2D eigenvalue weighted by Gasteiger charge is -2.01. The molecule has 0 aliphatic carbocycles. The number of H-pyrrole nitrogens is 1. The van der Waals surface area contributed by atoms with Crippen LogP contribution in [0.3, 0.4) is 0 Å². The van der Waals surface area contributed by atoms with E-state index in [1.54, 1.807) is 0 Å². The van der Waals surface area contributed by atoms with Crippen molar-refractivity contribution in [2.75, 3.05) is 13.2 Å². The van der Waals surface area contributed by atoms with Gasteiger partial charge in [-0.3, -0.25) is 4.79 Å². The number of carbonyl (C=O) groups is 1. The molecule has 0 unspecified atom stereocenters. The third-order valence-electron chi connectivity index (χ3n) is 2.54. The molecular weight excluding hydrogens is 204 g/mol. The van der Waals surface area contributed by atoms with Crippen LogP contribution in [0.1, 0.15) is 5.56 Å². The van der Waals surface area contributed by atoms with Crippen LogP contribution >= 0.6 is 0 Å². The highest BCUT2D eigenvalue weighted by atomic mass is 16.3. The number of aliphatic hydroxyl groups is 1. The van der Waals surface area contributed by atoms with Gasteiger partial charge in [0.05, 0.1) is 0 Å². The molecule has 0 fully saturated rings. The largest absolute Gasteiger partial charge is 0.387 e. The Hall–Kier alpha value is -1.81. The number of aromatic nitrogens is 1. The van der Waals surface area contributed by atoms with Crippen LogP contribution in [0.5, 0.6) is 0 Å². The van der Waals surface area contributed by atoms with Crippen LogP contribution < -0.4 is 5.32 Å². The summed E-state index contributed by atoms with van der Waals surface area (Å²) in [6.45, 7) is 0.0924. The lowest BCUT2D eigenvalue weighted by molar-refractivity contribution is -0.123. The summed E-state index contributed by atoms with van der Waals surface area (Å²) in [6, 6.07) is 8.04. The molecule has 0 radical (unpaired) electrons. The van der Waals surface area contributed by atoms with E-state index in [4.69, 9.17) is 5.11 Å². The summed E-state index contributed by atoms with van der Waals surface area (Å²) in [7, 11) is 0. The molecule has 84 valence electrons. The molecule has 0 spiro atoms. The zero-order chi connectivity index (χ0) is 11.4. The number of benzene rings is 1. The Bertz CT molecular complexity index is 490. The van der Waals surface area contributed by atoms with Crippen LogP contribution in [0.15, 0.2) is 30.5 Å². The van der Waals surface area contributed by atoms with Gasteiger partial charge in [-0.15, -0.1) is 0 Å². The Kier molecular flexibility index (Phi) is 3.22. The number of hydrogen-bond acceptors (Lipinski definition) is 2. The van der Waals surface area contributed by atoms with Crippen LogP contribution in [-0.4, -0.2) is 29.1 Å². The van der Waals surface area contributed by atoms with Crippen LogP contribution in [0.25, 0.3) is 10.9 Å². The normalized spacial score (nSPS) is 10.6. The van der Waals surface area contributed by atoms with Gasteiger partial charge in [-0.1, -0.05) is 18.2 Å². The van der Waals surface area contributed by atoms with Gasteiger partial charge in [-0.05, 0) is 18.1 Å². The predicted octanol–water partition coefficient (Wildman–Crippen LogP) is 0.819. The molecule has 1 aromatic heterocycles. The molecular formula is C12H14N2O2. The Morgan fingerprint density at radius 2 is 2.19 bits per heavy atom. The van der Waals surface area contributed by atoms with Gasteiger partial charge in [0.25, 0.3) is 0 Å². The first kappa shape index (κ1) is 10.7. The third kappa shape index (κ3) is 2.23. The van der Waals surface area contributed by atoms with Gasteiger partial charge >= 0.3 is 0 Å². The number of aromatic amines is 1. The zero-order valence-corrected chi connectivity index (χ0v) is 8.86. The highest BCUT2D eigenvalue weighted by Gasteiger charge is 2.03. The van der Waals surface area contributed by atoms with Gasteiger partial charge in [-0.2, -0.15) is 0 Å². The minimum Gasteiger partial charge on any atom is -0.387 e. The molecule has 1 heterocycles. The van der Waals surface area contributed by atoms with E-state index in [0.29, 0.717) is 6.54 Å². The monoisotopic (exact) mass is 218 g/mol. The summed E-state index contributed by atoms with van der Waals surface area (Å²) in [5, 5.41) is 12.4. The molecule has 0 saturated carbocycles. The Morgan fingerprint density at radius 1 is 1.38 bits per heavy atom. The molecule has 0 aliphatic rings. The summed E-state index contributed by atoms with van der Waals surface area (Å²) >= 11 is 0. The smallest absolute Gasteiger partial charge is 0.245 e. The second-order valence-corrected chi connectivity index (χ2v) is 3.62. The molecule has 0 saturated heterocycles. The Balaban J connectivity index is 2.02. The molecule has 0 atom stereocenters. The van der Waals surface area contributed by atoms with E-state index in [1.165, 1.54) is 10.9 Å². The van der Waals surface area contributed by atoms with Gasteiger partial charge in [-0.25, -0.2) is 0 Å². The van der Waals surface area contributed by atoms with Gasteiger partial charge in [0.15, 0.2) is 0 Å². The summed E-state index contributed by atoms with van der Waals surface area (Å²) in [6.07, 6.45) is 2.71. The molecule has 1 aromatic carbocycles. The number of rotatable bonds is 4. The van der Waals surface area contributed by atoms with Crippen molar-refractivity contribution in [1.82, 2.24) is 10.3 Å². The van der Waals surface area contributed by atoms with Crippen molar-refractivity contribution < 1.29 is 9.90 Å². The number of aliphatic hydroxyl groups excluding tert-OH is 1. The predicted molar refractivity (Wildman–Crippen MR) is 62.1 cm³/mol. The Labute approximate surface area is 93.3 Å². The first-order valence-electron chi connectivity index (χ1n) is 5.24. The molecule has 16 heavy (non-hydrogen) atoms. The van der Waals surface area contributed by atoms with Crippen molar-refractivity contribution in [2.45, 2.75) is 6.42 Å². The van der Waals surface area contributed by atoms with Crippen molar-refractivity contribution in [3.8, 4) is 0 Å². The van der Waals surface area contributed by atoms with E-state index in [2.05, 4.69) is 16.4 Å². The maximum Gasteiger partial charge on any atom is 0.245 e. The molecule has 4 nitrogen and oxygen atoms in total.